The van der Waals surface area contributed by atoms with Crippen LogP contribution in [0.25, 0.3) is 0 Å². The van der Waals surface area contributed by atoms with Crippen LogP contribution in [-0.4, -0.2) is 5.71 Å². The minimum Gasteiger partial charge on any atom is -0.305 e. The molecule has 0 aromatic carbocycles. The van der Waals surface area contributed by atoms with Gasteiger partial charge in [0.1, 0.15) is 0 Å². The van der Waals surface area contributed by atoms with Crippen LogP contribution < -0.4 is 0 Å². The van der Waals surface area contributed by atoms with Crippen LogP contribution in [0.3, 0.4) is 0 Å². The minimum atomic E-state index is 0.481. The van der Waals surface area contributed by atoms with E-state index in [2.05, 4.69) is 13.2 Å². The molecule has 38 valence electrons. The predicted octanol–water partition coefficient (Wildman–Crippen LogP) is 1.77. The van der Waals surface area contributed by atoms with Gasteiger partial charge in [0, 0.05) is 5.71 Å². The van der Waals surface area contributed by atoms with E-state index < -0.39 is 0 Å². The molecule has 0 saturated heterocycles. The third kappa shape index (κ3) is 1.93. The molecule has 0 saturated carbocycles. The summed E-state index contributed by atoms with van der Waals surface area (Å²) in [7, 11) is 0. The smallest absolute Gasteiger partial charge is 0.0349 e. The van der Waals surface area contributed by atoms with Gasteiger partial charge in [-0.3, -0.25) is 0 Å². The zero-order valence-corrected chi connectivity index (χ0v) is 4.49. The summed E-state index contributed by atoms with van der Waals surface area (Å²) in [5.74, 6) is 0. The lowest BCUT2D eigenvalue weighted by atomic mass is 10.2. The first-order valence-electron chi connectivity index (χ1n) is 2.05. The molecule has 0 aliphatic carbocycles. The van der Waals surface area contributed by atoms with E-state index in [1.54, 1.807) is 13.0 Å². The van der Waals surface area contributed by atoms with Gasteiger partial charge in [0.05, 0.1) is 0 Å². The zero-order chi connectivity index (χ0) is 5.86. The highest BCUT2D eigenvalue weighted by atomic mass is 14.4. The maximum Gasteiger partial charge on any atom is 0.0349 e. The van der Waals surface area contributed by atoms with Gasteiger partial charge in [-0.15, -0.1) is 0 Å². The Balaban J connectivity index is 3.81. The lowest BCUT2D eigenvalue weighted by Crippen LogP contribution is -1.86. The molecule has 1 nitrogen and oxygen atoms in total. The molecule has 0 atom stereocenters. The molecule has 0 amide bonds. The maximum absolute atomic E-state index is 6.93. The molecule has 0 aromatic heterocycles. The summed E-state index contributed by atoms with van der Waals surface area (Å²) in [4.78, 5) is 0. The van der Waals surface area contributed by atoms with Crippen molar-refractivity contribution >= 4 is 5.71 Å². The Bertz CT molecular complexity index is 111. The number of nitrogens with one attached hydrogen (secondary N) is 1. The van der Waals surface area contributed by atoms with Crippen molar-refractivity contribution in [2.75, 3.05) is 0 Å². The zero-order valence-electron chi connectivity index (χ0n) is 4.49. The average Bonchev–Trinajstić information content (AvgIpc) is 1.65. The molecule has 0 radical (unpaired) electrons. The Labute approximate surface area is 43.9 Å². The van der Waals surface area contributed by atoms with E-state index in [0.29, 0.717) is 11.3 Å². The van der Waals surface area contributed by atoms with E-state index >= 15 is 0 Å². The lowest BCUT2D eigenvalue weighted by Gasteiger charge is -1.88. The molecule has 0 unspecified atom stereocenters. The molecule has 0 bridgehead atoms. The quantitative estimate of drug-likeness (QED) is 0.399. The Morgan fingerprint density at radius 1 is 1.71 bits per heavy atom. The van der Waals surface area contributed by atoms with Gasteiger partial charge in [-0.2, -0.15) is 0 Å². The molecular formula is C6H9N. The number of allylic oxidation sites excluding steroid dienone is 2. The number of rotatable bonds is 2. The Morgan fingerprint density at radius 3 is 2.14 bits per heavy atom. The second-order valence-electron chi connectivity index (χ2n) is 1.35. The first kappa shape index (κ1) is 6.15. The van der Waals surface area contributed by atoms with Crippen molar-refractivity contribution in [1.82, 2.24) is 0 Å². The third-order valence-electron chi connectivity index (χ3n) is 0.728. The van der Waals surface area contributed by atoms with Crippen LogP contribution in [0, 0.1) is 5.41 Å². The monoisotopic (exact) mass is 95.1 g/mol. The largest absolute Gasteiger partial charge is 0.305 e. The van der Waals surface area contributed by atoms with Gasteiger partial charge in [-0.25, -0.2) is 0 Å². The van der Waals surface area contributed by atoms with E-state index in [1.165, 1.54) is 0 Å². The van der Waals surface area contributed by atoms with Crippen molar-refractivity contribution in [3.05, 3.63) is 24.8 Å². The average molecular weight is 95.1 g/mol. The van der Waals surface area contributed by atoms with E-state index in [9.17, 15) is 0 Å². The summed E-state index contributed by atoms with van der Waals surface area (Å²) >= 11 is 0. The van der Waals surface area contributed by atoms with Gasteiger partial charge in [0.2, 0.25) is 0 Å². The highest BCUT2D eigenvalue weighted by Gasteiger charge is 1.84. The predicted molar refractivity (Wildman–Crippen MR) is 32.7 cm³/mol. The Kier molecular flexibility index (Phi) is 2.06. The van der Waals surface area contributed by atoms with Crippen LogP contribution >= 0.6 is 0 Å². The van der Waals surface area contributed by atoms with Crippen molar-refractivity contribution < 1.29 is 0 Å². The second-order valence-corrected chi connectivity index (χ2v) is 1.35. The number of hydrogen-bond donors (Lipinski definition) is 1. The SMILES string of the molecule is C=CC(=C)C(C)=N. The van der Waals surface area contributed by atoms with Gasteiger partial charge in [0.25, 0.3) is 0 Å². The lowest BCUT2D eigenvalue weighted by molar-refractivity contribution is 1.47. The molecular weight excluding hydrogens is 86.1 g/mol. The molecule has 1 N–H and O–H groups in total. The summed E-state index contributed by atoms with van der Waals surface area (Å²) in [6.07, 6.45) is 1.57. The molecule has 7 heavy (non-hydrogen) atoms. The Hall–Kier alpha value is -0.850. The Morgan fingerprint density at radius 2 is 2.14 bits per heavy atom. The maximum atomic E-state index is 6.93. The third-order valence-corrected chi connectivity index (χ3v) is 0.728. The fraction of sp³-hybridized carbons (Fsp3) is 0.167. The summed E-state index contributed by atoms with van der Waals surface area (Å²) in [6.45, 7) is 8.66. The highest BCUT2D eigenvalue weighted by molar-refractivity contribution is 5.97. The van der Waals surface area contributed by atoms with Crippen molar-refractivity contribution in [3.63, 3.8) is 0 Å². The van der Waals surface area contributed by atoms with Crippen molar-refractivity contribution in [2.24, 2.45) is 0 Å². The van der Waals surface area contributed by atoms with Crippen LogP contribution in [0.15, 0.2) is 24.8 Å². The van der Waals surface area contributed by atoms with E-state index in [-0.39, 0.29) is 0 Å². The highest BCUT2D eigenvalue weighted by Crippen LogP contribution is 1.89. The standard InChI is InChI=1S/C6H9N/c1-4-5(2)6(3)7/h4,7H,1-2H2,3H3. The first-order chi connectivity index (χ1) is 3.18. The van der Waals surface area contributed by atoms with E-state index in [4.69, 9.17) is 5.41 Å². The van der Waals surface area contributed by atoms with Crippen LogP contribution in [0.1, 0.15) is 6.92 Å². The van der Waals surface area contributed by atoms with Crippen LogP contribution in [0.2, 0.25) is 0 Å². The van der Waals surface area contributed by atoms with Gasteiger partial charge >= 0.3 is 0 Å². The molecule has 0 rings (SSSR count). The fourth-order valence-electron chi connectivity index (χ4n) is 0.153. The van der Waals surface area contributed by atoms with Crippen molar-refractivity contribution in [2.45, 2.75) is 6.92 Å². The van der Waals surface area contributed by atoms with Gasteiger partial charge in [-0.05, 0) is 12.5 Å². The second kappa shape index (κ2) is 2.35. The number of hydrogen-bond acceptors (Lipinski definition) is 1. The molecule has 0 fully saturated rings. The topological polar surface area (TPSA) is 23.9 Å². The molecule has 0 aliphatic rings. The summed E-state index contributed by atoms with van der Waals surface area (Å²) in [5, 5.41) is 6.93. The summed E-state index contributed by atoms with van der Waals surface area (Å²) in [5.41, 5.74) is 1.18. The van der Waals surface area contributed by atoms with Crippen molar-refractivity contribution in [1.29, 1.82) is 5.41 Å². The first-order valence-corrected chi connectivity index (χ1v) is 2.05. The van der Waals surface area contributed by atoms with Gasteiger partial charge < -0.3 is 5.41 Å². The molecule has 0 heterocycles. The van der Waals surface area contributed by atoms with E-state index in [1.807, 2.05) is 0 Å². The van der Waals surface area contributed by atoms with Gasteiger partial charge in [-0.1, -0.05) is 19.2 Å². The van der Waals surface area contributed by atoms with Crippen molar-refractivity contribution in [3.8, 4) is 0 Å². The van der Waals surface area contributed by atoms with E-state index in [0.717, 1.165) is 0 Å². The molecule has 0 spiro atoms. The van der Waals surface area contributed by atoms with Gasteiger partial charge in [0.15, 0.2) is 0 Å². The van der Waals surface area contributed by atoms with Crippen LogP contribution in [0.4, 0.5) is 0 Å². The van der Waals surface area contributed by atoms with Crippen LogP contribution in [-0.2, 0) is 0 Å². The fourth-order valence-corrected chi connectivity index (χ4v) is 0.153. The summed E-state index contributed by atoms with van der Waals surface area (Å²) < 4.78 is 0. The molecule has 1 heteroatoms. The minimum absolute atomic E-state index is 0.481. The molecule has 0 aromatic rings. The molecule has 0 aliphatic heterocycles. The normalized spacial score (nSPS) is 7.57. The summed E-state index contributed by atoms with van der Waals surface area (Å²) in [6, 6.07) is 0. The van der Waals surface area contributed by atoms with Crippen LogP contribution in [0.5, 0.6) is 0 Å².